The molecule has 0 saturated carbocycles. The highest BCUT2D eigenvalue weighted by Crippen LogP contribution is 2.19. The van der Waals surface area contributed by atoms with Gasteiger partial charge in [0.15, 0.2) is 0 Å². The van der Waals surface area contributed by atoms with Gasteiger partial charge in [-0.25, -0.2) is 0 Å². The summed E-state index contributed by atoms with van der Waals surface area (Å²) in [5.41, 5.74) is 8.46. The van der Waals surface area contributed by atoms with Gasteiger partial charge in [0.1, 0.15) is 0 Å². The molecule has 3 heteroatoms. The van der Waals surface area contributed by atoms with Crippen molar-refractivity contribution in [2.75, 3.05) is 0 Å². The molecule has 0 fully saturated rings. The molecule has 0 bridgehead atoms. The number of nitrogens with zero attached hydrogens (tertiary/aromatic N) is 2. The first kappa shape index (κ1) is 13.2. The second-order valence-electron chi connectivity index (χ2n) is 4.96. The normalized spacial score (nSPS) is 13.4. The lowest BCUT2D eigenvalue weighted by Gasteiger charge is -2.13. The van der Waals surface area contributed by atoms with Crippen molar-refractivity contribution in [1.82, 2.24) is 9.78 Å². The van der Waals surface area contributed by atoms with Crippen LogP contribution in [0, 0.1) is 12.8 Å². The molecule has 0 radical (unpaired) electrons. The van der Waals surface area contributed by atoms with E-state index in [1.54, 1.807) is 0 Å². The van der Waals surface area contributed by atoms with Crippen molar-refractivity contribution in [1.29, 1.82) is 0 Å². The lowest BCUT2D eigenvalue weighted by atomic mass is 10.0. The summed E-state index contributed by atoms with van der Waals surface area (Å²) >= 11 is 0. The van der Waals surface area contributed by atoms with Crippen LogP contribution >= 0.6 is 0 Å². The van der Waals surface area contributed by atoms with Crippen LogP contribution in [0.5, 0.6) is 0 Å². The van der Waals surface area contributed by atoms with Gasteiger partial charge >= 0.3 is 0 Å². The summed E-state index contributed by atoms with van der Waals surface area (Å²) in [6.45, 7) is 9.55. The van der Waals surface area contributed by atoms with Gasteiger partial charge in [-0.05, 0) is 32.3 Å². The van der Waals surface area contributed by atoms with E-state index in [1.165, 1.54) is 18.5 Å². The molecule has 1 aromatic heterocycles. The number of rotatable bonds is 6. The van der Waals surface area contributed by atoms with Gasteiger partial charge in [0.05, 0.1) is 11.4 Å². The van der Waals surface area contributed by atoms with Crippen LogP contribution in [0.2, 0.25) is 0 Å². The van der Waals surface area contributed by atoms with E-state index < -0.39 is 0 Å². The van der Waals surface area contributed by atoms with Gasteiger partial charge in [-0.15, -0.1) is 0 Å². The summed E-state index contributed by atoms with van der Waals surface area (Å²) in [7, 11) is 0. The zero-order valence-electron chi connectivity index (χ0n) is 11.0. The molecule has 1 heterocycles. The Kier molecular flexibility index (Phi) is 5.00. The molecule has 0 aromatic carbocycles. The van der Waals surface area contributed by atoms with Crippen LogP contribution in [0.25, 0.3) is 0 Å². The van der Waals surface area contributed by atoms with E-state index in [0.717, 1.165) is 24.6 Å². The van der Waals surface area contributed by atoms with E-state index in [0.29, 0.717) is 0 Å². The van der Waals surface area contributed by atoms with Crippen molar-refractivity contribution >= 4 is 0 Å². The minimum Gasteiger partial charge on any atom is -0.323 e. The summed E-state index contributed by atoms with van der Waals surface area (Å²) in [6, 6.07) is 2.25. The molecule has 1 aromatic rings. The van der Waals surface area contributed by atoms with E-state index in [4.69, 9.17) is 5.73 Å². The fourth-order valence-electron chi connectivity index (χ4n) is 2.01. The molecule has 92 valence electrons. The van der Waals surface area contributed by atoms with Crippen LogP contribution in [0.1, 0.15) is 57.5 Å². The molecule has 0 saturated heterocycles. The van der Waals surface area contributed by atoms with Crippen molar-refractivity contribution in [3.05, 3.63) is 17.5 Å². The van der Waals surface area contributed by atoms with Gasteiger partial charge in [-0.1, -0.05) is 26.7 Å². The Morgan fingerprint density at radius 2 is 2.06 bits per heavy atom. The molecule has 0 aliphatic carbocycles. The highest BCUT2D eigenvalue weighted by Gasteiger charge is 2.12. The Bertz CT molecular complexity index is 315. The number of hydrogen-bond acceptors (Lipinski definition) is 2. The second-order valence-corrected chi connectivity index (χ2v) is 4.96. The van der Waals surface area contributed by atoms with E-state index in [2.05, 4.69) is 31.9 Å². The Hall–Kier alpha value is -0.830. The zero-order chi connectivity index (χ0) is 12.1. The number of aryl methyl sites for hydroxylation is 2. The number of hydrogen-bond donors (Lipinski definition) is 1. The monoisotopic (exact) mass is 223 g/mol. The van der Waals surface area contributed by atoms with E-state index >= 15 is 0 Å². The van der Waals surface area contributed by atoms with Gasteiger partial charge < -0.3 is 5.73 Å². The lowest BCUT2D eigenvalue weighted by Crippen LogP contribution is -2.16. The van der Waals surface area contributed by atoms with Crippen molar-refractivity contribution in [2.45, 2.75) is 59.5 Å². The molecule has 1 unspecified atom stereocenters. The van der Waals surface area contributed by atoms with Crippen LogP contribution < -0.4 is 5.73 Å². The summed E-state index contributed by atoms with van der Waals surface area (Å²) in [4.78, 5) is 0. The van der Waals surface area contributed by atoms with E-state index in [1.807, 2.05) is 11.6 Å². The van der Waals surface area contributed by atoms with Crippen LogP contribution in [0.4, 0.5) is 0 Å². The van der Waals surface area contributed by atoms with Gasteiger partial charge in [0, 0.05) is 12.6 Å². The average molecular weight is 223 g/mol. The van der Waals surface area contributed by atoms with Crippen LogP contribution in [0.3, 0.4) is 0 Å². The minimum atomic E-state index is 0.139. The Morgan fingerprint density at radius 3 is 2.62 bits per heavy atom. The predicted octanol–water partition coefficient (Wildman–Crippen LogP) is 3.04. The third kappa shape index (κ3) is 3.63. The zero-order valence-corrected chi connectivity index (χ0v) is 11.0. The Morgan fingerprint density at radius 1 is 1.38 bits per heavy atom. The van der Waals surface area contributed by atoms with Crippen LogP contribution in [-0.4, -0.2) is 9.78 Å². The molecule has 0 aliphatic heterocycles. The molecule has 16 heavy (non-hydrogen) atoms. The van der Waals surface area contributed by atoms with E-state index in [-0.39, 0.29) is 6.04 Å². The van der Waals surface area contributed by atoms with Crippen LogP contribution in [-0.2, 0) is 6.54 Å². The Balaban J connectivity index is 2.54. The third-order valence-corrected chi connectivity index (χ3v) is 2.91. The van der Waals surface area contributed by atoms with Gasteiger partial charge in [0.2, 0.25) is 0 Å². The van der Waals surface area contributed by atoms with Crippen molar-refractivity contribution in [3.8, 4) is 0 Å². The highest BCUT2D eigenvalue weighted by atomic mass is 15.3. The molecule has 0 spiro atoms. The fourth-order valence-corrected chi connectivity index (χ4v) is 2.01. The summed E-state index contributed by atoms with van der Waals surface area (Å²) < 4.78 is 2.02. The van der Waals surface area contributed by atoms with Crippen molar-refractivity contribution in [3.63, 3.8) is 0 Å². The third-order valence-electron chi connectivity index (χ3n) is 2.91. The molecule has 3 nitrogen and oxygen atoms in total. The second kappa shape index (κ2) is 6.04. The first-order valence-corrected chi connectivity index (χ1v) is 6.34. The van der Waals surface area contributed by atoms with Crippen LogP contribution in [0.15, 0.2) is 6.07 Å². The minimum absolute atomic E-state index is 0.139. The lowest BCUT2D eigenvalue weighted by molar-refractivity contribution is 0.482. The smallest absolute Gasteiger partial charge is 0.0597 e. The maximum atomic E-state index is 6.21. The molecule has 0 aliphatic rings. The molecule has 1 rings (SSSR count). The Labute approximate surface area is 99.0 Å². The largest absolute Gasteiger partial charge is 0.323 e. The predicted molar refractivity (Wildman–Crippen MR) is 68.3 cm³/mol. The molecular formula is C13H25N3. The number of aromatic nitrogens is 2. The van der Waals surface area contributed by atoms with Gasteiger partial charge in [-0.2, -0.15) is 5.10 Å². The first-order chi connectivity index (χ1) is 7.54. The van der Waals surface area contributed by atoms with Crippen molar-refractivity contribution in [2.24, 2.45) is 11.7 Å². The molecule has 1 atom stereocenters. The summed E-state index contributed by atoms with van der Waals surface area (Å²) in [6.07, 6.45) is 3.52. The van der Waals surface area contributed by atoms with E-state index in [9.17, 15) is 0 Å². The molecular weight excluding hydrogens is 198 g/mol. The standard InChI is InChI=1S/C13H25N3/c1-5-16-13(9-11(4)15-16)12(14)8-6-7-10(2)3/h9-10,12H,5-8,14H2,1-4H3. The number of nitrogens with two attached hydrogens (primary N) is 1. The first-order valence-electron chi connectivity index (χ1n) is 6.34. The van der Waals surface area contributed by atoms with Crippen molar-refractivity contribution < 1.29 is 0 Å². The molecule has 2 N–H and O–H groups in total. The summed E-state index contributed by atoms with van der Waals surface area (Å²) in [5.74, 6) is 0.769. The molecule has 0 amide bonds. The quantitative estimate of drug-likeness (QED) is 0.805. The van der Waals surface area contributed by atoms with Gasteiger partial charge in [-0.3, -0.25) is 4.68 Å². The maximum Gasteiger partial charge on any atom is 0.0597 e. The highest BCUT2D eigenvalue weighted by molar-refractivity contribution is 5.12. The SMILES string of the molecule is CCn1nc(C)cc1C(N)CCCC(C)C. The maximum absolute atomic E-state index is 6.21. The summed E-state index contributed by atoms with van der Waals surface area (Å²) in [5, 5.41) is 4.43. The average Bonchev–Trinajstić information content (AvgIpc) is 2.59. The van der Waals surface area contributed by atoms with Gasteiger partial charge in [0.25, 0.3) is 0 Å². The topological polar surface area (TPSA) is 43.8 Å². The fraction of sp³-hybridized carbons (Fsp3) is 0.769.